The normalized spacial score (nSPS) is 17.1. The first-order chi connectivity index (χ1) is 7.66. The minimum Gasteiger partial charge on any atom is -0.353 e. The van der Waals surface area contributed by atoms with Crippen LogP contribution in [0.5, 0.6) is 0 Å². The third-order valence-electron chi connectivity index (χ3n) is 2.72. The summed E-state index contributed by atoms with van der Waals surface area (Å²) in [6.07, 6.45) is 4.13. The maximum Gasteiger partial charge on any atom is 0.230 e. The predicted octanol–water partition coefficient (Wildman–Crippen LogP) is 0.822. The van der Waals surface area contributed by atoms with Crippen LogP contribution in [0.1, 0.15) is 19.8 Å². The summed E-state index contributed by atoms with van der Waals surface area (Å²) in [4.78, 5) is 11.6. The average Bonchev–Trinajstić information content (AvgIpc) is 3.00. The Kier molecular flexibility index (Phi) is 3.48. The Labute approximate surface area is 99.0 Å². The van der Waals surface area contributed by atoms with Gasteiger partial charge in [0.05, 0.1) is 5.75 Å². The van der Waals surface area contributed by atoms with E-state index in [4.69, 9.17) is 0 Å². The van der Waals surface area contributed by atoms with Gasteiger partial charge in [-0.25, -0.2) is 0 Å². The quantitative estimate of drug-likeness (QED) is 0.774. The summed E-state index contributed by atoms with van der Waals surface area (Å²) < 4.78 is 1.81. The SMILES string of the molecule is C[C@@H](NC(=O)CSc1nncn1C)C1CC1. The van der Waals surface area contributed by atoms with E-state index < -0.39 is 0 Å². The summed E-state index contributed by atoms with van der Waals surface area (Å²) in [6, 6.07) is 0.313. The molecule has 1 N–H and O–H groups in total. The van der Waals surface area contributed by atoms with Crippen molar-refractivity contribution in [1.82, 2.24) is 20.1 Å². The zero-order valence-corrected chi connectivity index (χ0v) is 10.3. The largest absolute Gasteiger partial charge is 0.353 e. The number of carbonyl (C=O) groups excluding carboxylic acids is 1. The van der Waals surface area contributed by atoms with Crippen LogP contribution in [0.25, 0.3) is 0 Å². The minimum atomic E-state index is 0.0763. The number of aryl methyl sites for hydroxylation is 1. The molecule has 1 aliphatic carbocycles. The first-order valence-electron chi connectivity index (χ1n) is 5.43. The number of hydrogen-bond donors (Lipinski definition) is 1. The number of thioether (sulfide) groups is 1. The summed E-state index contributed by atoms with van der Waals surface area (Å²) in [6.45, 7) is 2.07. The lowest BCUT2D eigenvalue weighted by Crippen LogP contribution is -2.35. The molecule has 0 saturated heterocycles. The second kappa shape index (κ2) is 4.86. The molecule has 6 heteroatoms. The molecule has 1 amide bonds. The number of nitrogens with one attached hydrogen (secondary N) is 1. The van der Waals surface area contributed by atoms with Crippen LogP contribution >= 0.6 is 11.8 Å². The second-order valence-corrected chi connectivity index (χ2v) is 5.15. The molecule has 1 aromatic heterocycles. The molecule has 16 heavy (non-hydrogen) atoms. The summed E-state index contributed by atoms with van der Waals surface area (Å²) in [7, 11) is 1.87. The van der Waals surface area contributed by atoms with Crippen molar-refractivity contribution in [2.75, 3.05) is 5.75 Å². The van der Waals surface area contributed by atoms with Crippen molar-refractivity contribution in [1.29, 1.82) is 0 Å². The van der Waals surface area contributed by atoms with Gasteiger partial charge in [-0.2, -0.15) is 0 Å². The zero-order chi connectivity index (χ0) is 11.5. The minimum absolute atomic E-state index is 0.0763. The summed E-state index contributed by atoms with van der Waals surface area (Å²) in [5.74, 6) is 1.18. The lowest BCUT2D eigenvalue weighted by Gasteiger charge is -2.11. The molecule has 1 heterocycles. The lowest BCUT2D eigenvalue weighted by molar-refractivity contribution is -0.119. The van der Waals surface area contributed by atoms with Gasteiger partial charge in [-0.1, -0.05) is 11.8 Å². The van der Waals surface area contributed by atoms with Crippen LogP contribution in [0.2, 0.25) is 0 Å². The van der Waals surface area contributed by atoms with E-state index in [2.05, 4.69) is 22.4 Å². The van der Waals surface area contributed by atoms with Gasteiger partial charge in [0.1, 0.15) is 6.33 Å². The van der Waals surface area contributed by atoms with Gasteiger partial charge >= 0.3 is 0 Å². The Morgan fingerprint density at radius 2 is 2.50 bits per heavy atom. The van der Waals surface area contributed by atoms with Gasteiger partial charge < -0.3 is 9.88 Å². The fourth-order valence-electron chi connectivity index (χ4n) is 1.54. The smallest absolute Gasteiger partial charge is 0.230 e. The molecule has 0 bridgehead atoms. The summed E-state index contributed by atoms with van der Waals surface area (Å²) in [5, 5.41) is 11.4. The third kappa shape index (κ3) is 2.98. The molecule has 1 saturated carbocycles. The standard InChI is InChI=1S/C10H16N4OS/c1-7(8-3-4-8)12-9(15)5-16-10-13-11-6-14(10)2/h6-8H,3-5H2,1-2H3,(H,12,15)/t7-/m1/s1. The Morgan fingerprint density at radius 3 is 3.06 bits per heavy atom. The van der Waals surface area contributed by atoms with Crippen molar-refractivity contribution >= 4 is 17.7 Å². The van der Waals surface area contributed by atoms with E-state index in [9.17, 15) is 4.79 Å². The highest BCUT2D eigenvalue weighted by Gasteiger charge is 2.28. The predicted molar refractivity (Wildman–Crippen MR) is 62.1 cm³/mol. The van der Waals surface area contributed by atoms with E-state index in [1.54, 1.807) is 6.33 Å². The highest BCUT2D eigenvalue weighted by molar-refractivity contribution is 7.99. The molecule has 0 radical (unpaired) electrons. The zero-order valence-electron chi connectivity index (χ0n) is 9.51. The van der Waals surface area contributed by atoms with Gasteiger partial charge in [-0.05, 0) is 25.7 Å². The molecule has 5 nitrogen and oxygen atoms in total. The van der Waals surface area contributed by atoms with Crippen molar-refractivity contribution in [2.45, 2.75) is 31.0 Å². The van der Waals surface area contributed by atoms with E-state index >= 15 is 0 Å². The van der Waals surface area contributed by atoms with Gasteiger partial charge in [-0.15, -0.1) is 10.2 Å². The van der Waals surface area contributed by atoms with E-state index in [0.717, 1.165) is 5.16 Å². The molecule has 2 rings (SSSR count). The monoisotopic (exact) mass is 240 g/mol. The number of aromatic nitrogens is 3. The molecule has 0 unspecified atom stereocenters. The van der Waals surface area contributed by atoms with Crippen molar-refractivity contribution < 1.29 is 4.79 Å². The number of hydrogen-bond acceptors (Lipinski definition) is 4. The highest BCUT2D eigenvalue weighted by Crippen LogP contribution is 2.32. The first kappa shape index (κ1) is 11.4. The molecule has 0 aliphatic heterocycles. The molecule has 88 valence electrons. The van der Waals surface area contributed by atoms with Crippen LogP contribution in [0, 0.1) is 5.92 Å². The van der Waals surface area contributed by atoms with Gasteiger partial charge in [-0.3, -0.25) is 4.79 Å². The molecule has 1 aliphatic rings. The van der Waals surface area contributed by atoms with E-state index in [0.29, 0.717) is 17.7 Å². The Bertz CT molecular complexity index is 375. The number of nitrogens with zero attached hydrogens (tertiary/aromatic N) is 3. The summed E-state index contributed by atoms with van der Waals surface area (Å²) in [5.41, 5.74) is 0. The highest BCUT2D eigenvalue weighted by atomic mass is 32.2. The van der Waals surface area contributed by atoms with Crippen LogP contribution in [-0.4, -0.2) is 32.5 Å². The maximum atomic E-state index is 11.6. The fraction of sp³-hybridized carbons (Fsp3) is 0.700. The van der Waals surface area contributed by atoms with Crippen molar-refractivity contribution in [3.63, 3.8) is 0 Å². The first-order valence-corrected chi connectivity index (χ1v) is 6.41. The number of carbonyl (C=O) groups is 1. The Morgan fingerprint density at radius 1 is 1.75 bits per heavy atom. The van der Waals surface area contributed by atoms with Crippen LogP contribution in [0.15, 0.2) is 11.5 Å². The number of rotatable bonds is 5. The van der Waals surface area contributed by atoms with Gasteiger partial charge in [0.15, 0.2) is 5.16 Å². The van der Waals surface area contributed by atoms with Crippen LogP contribution < -0.4 is 5.32 Å². The van der Waals surface area contributed by atoms with Crippen molar-refractivity contribution in [3.05, 3.63) is 6.33 Å². The van der Waals surface area contributed by atoms with Crippen molar-refractivity contribution in [2.24, 2.45) is 13.0 Å². The van der Waals surface area contributed by atoms with Gasteiger partial charge in [0.25, 0.3) is 0 Å². The topological polar surface area (TPSA) is 59.8 Å². The molecular formula is C10H16N4OS. The molecule has 1 atom stereocenters. The molecule has 0 aromatic carbocycles. The number of amides is 1. The molecule has 1 aromatic rings. The van der Waals surface area contributed by atoms with E-state index in [1.807, 2.05) is 11.6 Å². The van der Waals surface area contributed by atoms with Crippen LogP contribution in [0.3, 0.4) is 0 Å². The Hall–Kier alpha value is -1.04. The van der Waals surface area contributed by atoms with E-state index in [1.165, 1.54) is 24.6 Å². The van der Waals surface area contributed by atoms with Crippen LogP contribution in [0.4, 0.5) is 0 Å². The molecular weight excluding hydrogens is 224 g/mol. The Balaban J connectivity index is 1.73. The molecule has 0 spiro atoms. The van der Waals surface area contributed by atoms with Gasteiger partial charge in [0, 0.05) is 13.1 Å². The third-order valence-corrected chi connectivity index (χ3v) is 3.75. The lowest BCUT2D eigenvalue weighted by atomic mass is 10.2. The van der Waals surface area contributed by atoms with Crippen LogP contribution in [-0.2, 0) is 11.8 Å². The average molecular weight is 240 g/mol. The summed E-state index contributed by atoms with van der Waals surface area (Å²) >= 11 is 1.41. The van der Waals surface area contributed by atoms with E-state index in [-0.39, 0.29) is 5.91 Å². The molecule has 1 fully saturated rings. The second-order valence-electron chi connectivity index (χ2n) is 4.21. The maximum absolute atomic E-state index is 11.6. The van der Waals surface area contributed by atoms with Gasteiger partial charge in [0.2, 0.25) is 5.91 Å². The van der Waals surface area contributed by atoms with Crippen molar-refractivity contribution in [3.8, 4) is 0 Å². The fourth-order valence-corrected chi connectivity index (χ4v) is 2.24.